The molecule has 1 saturated heterocycles. The van der Waals surface area contributed by atoms with Crippen LogP contribution in [0.3, 0.4) is 0 Å². The molecule has 4 rings (SSSR count). The molecule has 3 heterocycles. The molecule has 0 radical (unpaired) electrons. The molecule has 0 unspecified atom stereocenters. The summed E-state index contributed by atoms with van der Waals surface area (Å²) in [6.07, 6.45) is 3.61. The number of carbonyl (C=O) groups is 1. The van der Waals surface area contributed by atoms with Crippen molar-refractivity contribution in [1.29, 1.82) is 0 Å². The monoisotopic (exact) mass is 545 g/mol. The summed E-state index contributed by atoms with van der Waals surface area (Å²) in [4.78, 5) is 29.6. The van der Waals surface area contributed by atoms with Crippen molar-refractivity contribution in [3.8, 4) is 22.9 Å². The molecule has 1 aliphatic rings. The van der Waals surface area contributed by atoms with Gasteiger partial charge in [0.05, 0.1) is 24.7 Å². The number of pyridine rings is 1. The zero-order chi connectivity index (χ0) is 26.6. The quantitative estimate of drug-likeness (QED) is 0.443. The van der Waals surface area contributed by atoms with Gasteiger partial charge in [0.25, 0.3) is 0 Å². The van der Waals surface area contributed by atoms with E-state index >= 15 is 0 Å². The second-order valence-corrected chi connectivity index (χ2v) is 10.5. The normalized spacial score (nSPS) is 14.3. The summed E-state index contributed by atoms with van der Waals surface area (Å²) >= 11 is 12.3. The fraction of sp³-hybridized carbons (Fsp3) is 0.385. The zero-order valence-electron chi connectivity index (χ0n) is 20.9. The first-order chi connectivity index (χ1) is 17.6. The SMILES string of the molecule is CC(C)(C)OC(=O)N1CCCN(c2ncc(Oc3cc(CO)cc(-c4cc(Cl)cc(Cl)c4)n3)cn2)CC1. The molecule has 0 saturated carbocycles. The third-order valence-corrected chi connectivity index (χ3v) is 5.91. The van der Waals surface area contributed by atoms with Gasteiger partial charge < -0.3 is 24.4 Å². The van der Waals surface area contributed by atoms with Crippen LogP contribution in [0.15, 0.2) is 42.7 Å². The zero-order valence-corrected chi connectivity index (χ0v) is 22.5. The van der Waals surface area contributed by atoms with Crippen molar-refractivity contribution in [2.75, 3.05) is 31.1 Å². The van der Waals surface area contributed by atoms with E-state index in [0.717, 1.165) is 6.42 Å². The maximum atomic E-state index is 12.4. The van der Waals surface area contributed by atoms with E-state index in [1.807, 2.05) is 25.7 Å². The van der Waals surface area contributed by atoms with Crippen LogP contribution in [0.4, 0.5) is 10.7 Å². The summed E-state index contributed by atoms with van der Waals surface area (Å²) in [5.74, 6) is 1.22. The first-order valence-corrected chi connectivity index (χ1v) is 12.7. The van der Waals surface area contributed by atoms with Gasteiger partial charge in [-0.15, -0.1) is 0 Å². The predicted molar refractivity (Wildman–Crippen MR) is 142 cm³/mol. The van der Waals surface area contributed by atoms with Gasteiger partial charge in [-0.25, -0.2) is 19.7 Å². The topological polar surface area (TPSA) is 101 Å². The van der Waals surface area contributed by atoms with Crippen LogP contribution in [0.2, 0.25) is 10.0 Å². The van der Waals surface area contributed by atoms with E-state index in [2.05, 4.69) is 15.0 Å². The predicted octanol–water partition coefficient (Wildman–Crippen LogP) is 5.58. The fourth-order valence-electron chi connectivity index (χ4n) is 3.82. The lowest BCUT2D eigenvalue weighted by Crippen LogP contribution is -2.39. The highest BCUT2D eigenvalue weighted by Crippen LogP contribution is 2.30. The molecule has 0 aliphatic carbocycles. The van der Waals surface area contributed by atoms with Gasteiger partial charge in [0.15, 0.2) is 5.75 Å². The molecule has 0 atom stereocenters. The van der Waals surface area contributed by atoms with Gasteiger partial charge in [-0.1, -0.05) is 23.2 Å². The Morgan fingerprint density at radius 2 is 1.70 bits per heavy atom. The van der Waals surface area contributed by atoms with Crippen molar-refractivity contribution >= 4 is 35.2 Å². The number of aliphatic hydroxyl groups excluding tert-OH is 1. The standard InChI is InChI=1S/C26H29Cl2N5O4/c1-26(2,3)37-25(35)33-6-4-5-32(7-8-33)24-29-14-21(15-30-24)36-23-10-17(16-34)9-22(31-23)18-11-19(27)13-20(28)12-18/h9-15,34H,4-8,16H2,1-3H3. The Morgan fingerprint density at radius 3 is 2.35 bits per heavy atom. The van der Waals surface area contributed by atoms with Crippen LogP contribution in [-0.4, -0.2) is 62.8 Å². The number of benzene rings is 1. The molecule has 37 heavy (non-hydrogen) atoms. The molecule has 196 valence electrons. The molecule has 0 spiro atoms. The number of carbonyl (C=O) groups excluding carboxylic acids is 1. The maximum absolute atomic E-state index is 12.4. The van der Waals surface area contributed by atoms with E-state index in [4.69, 9.17) is 32.7 Å². The van der Waals surface area contributed by atoms with Gasteiger partial charge in [-0.05, 0) is 57.0 Å². The van der Waals surface area contributed by atoms with E-state index in [0.29, 0.717) is 64.7 Å². The lowest BCUT2D eigenvalue weighted by Gasteiger charge is -2.26. The molecule has 1 fully saturated rings. The smallest absolute Gasteiger partial charge is 0.410 e. The second kappa shape index (κ2) is 11.5. The minimum atomic E-state index is -0.532. The molecule has 11 heteroatoms. The van der Waals surface area contributed by atoms with Gasteiger partial charge in [0.2, 0.25) is 11.8 Å². The van der Waals surface area contributed by atoms with Gasteiger partial charge in [0, 0.05) is 47.9 Å². The summed E-state index contributed by atoms with van der Waals surface area (Å²) in [6, 6.07) is 8.50. The molecule has 1 amide bonds. The first-order valence-electron chi connectivity index (χ1n) is 11.9. The number of ether oxygens (including phenoxy) is 2. The lowest BCUT2D eigenvalue weighted by atomic mass is 10.1. The summed E-state index contributed by atoms with van der Waals surface area (Å²) in [6.45, 7) is 7.81. The van der Waals surface area contributed by atoms with Gasteiger partial charge >= 0.3 is 6.09 Å². The molecule has 1 N–H and O–H groups in total. The fourth-order valence-corrected chi connectivity index (χ4v) is 4.35. The minimum absolute atomic E-state index is 0.190. The van der Waals surface area contributed by atoms with Crippen molar-refractivity contribution in [3.05, 3.63) is 58.3 Å². The summed E-state index contributed by atoms with van der Waals surface area (Å²) in [7, 11) is 0. The molecular formula is C26H29Cl2N5O4. The van der Waals surface area contributed by atoms with E-state index < -0.39 is 5.60 Å². The van der Waals surface area contributed by atoms with Crippen LogP contribution in [0.25, 0.3) is 11.3 Å². The third kappa shape index (κ3) is 7.44. The molecule has 1 aliphatic heterocycles. The number of rotatable bonds is 5. The number of nitrogens with zero attached hydrogens (tertiary/aromatic N) is 5. The van der Waals surface area contributed by atoms with Crippen molar-refractivity contribution < 1.29 is 19.4 Å². The molecule has 9 nitrogen and oxygen atoms in total. The molecule has 1 aromatic carbocycles. The number of amides is 1. The molecule has 0 bridgehead atoms. The summed E-state index contributed by atoms with van der Waals surface area (Å²) in [5.41, 5.74) is 1.34. The highest BCUT2D eigenvalue weighted by molar-refractivity contribution is 6.35. The van der Waals surface area contributed by atoms with Crippen LogP contribution in [-0.2, 0) is 11.3 Å². The third-order valence-electron chi connectivity index (χ3n) is 5.47. The van der Waals surface area contributed by atoms with Crippen LogP contribution < -0.4 is 9.64 Å². The number of hydrogen-bond acceptors (Lipinski definition) is 8. The maximum Gasteiger partial charge on any atom is 0.410 e. The highest BCUT2D eigenvalue weighted by atomic mass is 35.5. The van der Waals surface area contributed by atoms with E-state index in [1.54, 1.807) is 47.6 Å². The van der Waals surface area contributed by atoms with Crippen LogP contribution in [0.5, 0.6) is 11.6 Å². The Bertz CT molecular complexity index is 1230. The molecular weight excluding hydrogens is 517 g/mol. The number of aliphatic hydroxyl groups is 1. The van der Waals surface area contributed by atoms with Crippen molar-refractivity contribution in [3.63, 3.8) is 0 Å². The van der Waals surface area contributed by atoms with E-state index in [1.165, 1.54) is 0 Å². The Labute approximate surface area is 226 Å². The largest absolute Gasteiger partial charge is 0.444 e. The number of halogens is 2. The summed E-state index contributed by atoms with van der Waals surface area (Å²) < 4.78 is 11.4. The lowest BCUT2D eigenvalue weighted by molar-refractivity contribution is 0.0263. The van der Waals surface area contributed by atoms with Gasteiger partial charge in [-0.2, -0.15) is 0 Å². The Kier molecular flexibility index (Phi) is 8.36. The van der Waals surface area contributed by atoms with Gasteiger partial charge in [-0.3, -0.25) is 0 Å². The Hall–Kier alpha value is -3.14. The van der Waals surface area contributed by atoms with E-state index in [9.17, 15) is 9.90 Å². The number of aromatic nitrogens is 3. The first kappa shape index (κ1) is 26.9. The number of anilines is 1. The van der Waals surface area contributed by atoms with Crippen molar-refractivity contribution in [2.45, 2.75) is 39.4 Å². The second-order valence-electron chi connectivity index (χ2n) is 9.64. The van der Waals surface area contributed by atoms with Crippen LogP contribution in [0.1, 0.15) is 32.8 Å². The van der Waals surface area contributed by atoms with E-state index in [-0.39, 0.29) is 18.6 Å². The average Bonchev–Trinajstić information content (AvgIpc) is 3.09. The highest BCUT2D eigenvalue weighted by Gasteiger charge is 2.25. The van der Waals surface area contributed by atoms with Crippen molar-refractivity contribution in [2.24, 2.45) is 0 Å². The van der Waals surface area contributed by atoms with Crippen molar-refractivity contribution in [1.82, 2.24) is 19.9 Å². The average molecular weight is 546 g/mol. The number of hydrogen-bond donors (Lipinski definition) is 1. The molecule has 3 aromatic rings. The minimum Gasteiger partial charge on any atom is -0.444 e. The van der Waals surface area contributed by atoms with Crippen LogP contribution >= 0.6 is 23.2 Å². The Morgan fingerprint density at radius 1 is 1.00 bits per heavy atom. The van der Waals surface area contributed by atoms with Crippen LogP contribution in [0, 0.1) is 0 Å². The van der Waals surface area contributed by atoms with Gasteiger partial charge in [0.1, 0.15) is 5.60 Å². The Balaban J connectivity index is 1.45. The summed E-state index contributed by atoms with van der Waals surface area (Å²) in [5, 5.41) is 10.7. The molecule has 2 aromatic heterocycles.